The predicted molar refractivity (Wildman–Crippen MR) is 96.4 cm³/mol. The van der Waals surface area contributed by atoms with Crippen molar-refractivity contribution in [3.05, 3.63) is 65.5 Å². The summed E-state index contributed by atoms with van der Waals surface area (Å²) in [4.78, 5) is 15.0. The van der Waals surface area contributed by atoms with E-state index >= 15 is 0 Å². The molecule has 2 aromatic carbocycles. The zero-order chi connectivity index (χ0) is 17.8. The fourth-order valence-electron chi connectivity index (χ4n) is 3.59. The van der Waals surface area contributed by atoms with E-state index in [2.05, 4.69) is 6.92 Å². The Kier molecular flexibility index (Phi) is 5.37. The number of hydrogen-bond donors (Lipinski definition) is 0. The van der Waals surface area contributed by atoms with Crippen LogP contribution in [0, 0.1) is 5.82 Å². The van der Waals surface area contributed by atoms with Gasteiger partial charge in [0.1, 0.15) is 11.6 Å². The number of halogens is 1. The molecule has 0 aromatic heterocycles. The number of aryl methyl sites for hydroxylation is 1. The van der Waals surface area contributed by atoms with E-state index < -0.39 is 0 Å². The molecule has 0 aliphatic carbocycles. The number of benzene rings is 2. The van der Waals surface area contributed by atoms with E-state index in [1.807, 2.05) is 41.3 Å². The summed E-state index contributed by atoms with van der Waals surface area (Å²) in [6.07, 6.45) is 3.79. The molecule has 132 valence electrons. The molecule has 0 radical (unpaired) electrons. The lowest BCUT2D eigenvalue weighted by molar-refractivity contribution is 0.0673. The summed E-state index contributed by atoms with van der Waals surface area (Å²) in [7, 11) is 1.62. The maximum absolute atomic E-state index is 13.0. The molecule has 0 unspecified atom stereocenters. The highest BCUT2D eigenvalue weighted by Crippen LogP contribution is 2.29. The van der Waals surface area contributed by atoms with Crippen molar-refractivity contribution in [2.45, 2.75) is 44.7 Å². The zero-order valence-corrected chi connectivity index (χ0v) is 14.7. The Bertz CT molecular complexity index is 712. The first-order chi connectivity index (χ1) is 12.1. The second-order valence-corrected chi connectivity index (χ2v) is 6.69. The third kappa shape index (κ3) is 4.01. The Morgan fingerprint density at radius 2 is 1.80 bits per heavy atom. The second-order valence-electron chi connectivity index (χ2n) is 6.69. The molecular weight excluding hydrogens is 317 g/mol. The number of nitrogens with zero attached hydrogens (tertiary/aromatic N) is 1. The normalized spacial score (nSPS) is 19.9. The number of rotatable bonds is 5. The number of carbonyl (C=O) groups is 1. The Balaban J connectivity index is 1.68. The SMILES string of the molecule is COc1ccc(C(=O)N2[C@@H](CCc3ccc(F)cc3)CC[C@H]2C)cc1. The van der Waals surface area contributed by atoms with Gasteiger partial charge in [0.15, 0.2) is 0 Å². The average molecular weight is 341 g/mol. The monoisotopic (exact) mass is 341 g/mol. The van der Waals surface area contributed by atoms with E-state index in [0.29, 0.717) is 5.56 Å². The Morgan fingerprint density at radius 3 is 2.44 bits per heavy atom. The van der Waals surface area contributed by atoms with Gasteiger partial charge in [-0.05, 0) is 74.6 Å². The van der Waals surface area contributed by atoms with Crippen LogP contribution >= 0.6 is 0 Å². The zero-order valence-electron chi connectivity index (χ0n) is 14.7. The van der Waals surface area contributed by atoms with Gasteiger partial charge in [0.2, 0.25) is 0 Å². The highest BCUT2D eigenvalue weighted by atomic mass is 19.1. The summed E-state index contributed by atoms with van der Waals surface area (Å²) in [6, 6.07) is 14.4. The van der Waals surface area contributed by atoms with Gasteiger partial charge < -0.3 is 9.64 Å². The molecule has 1 aliphatic heterocycles. The molecule has 0 spiro atoms. The van der Waals surface area contributed by atoms with Gasteiger partial charge in [-0.3, -0.25) is 4.79 Å². The highest BCUT2D eigenvalue weighted by molar-refractivity contribution is 5.95. The van der Waals surface area contributed by atoms with Crippen LogP contribution in [0.2, 0.25) is 0 Å². The topological polar surface area (TPSA) is 29.5 Å². The second kappa shape index (κ2) is 7.68. The Morgan fingerprint density at radius 1 is 1.12 bits per heavy atom. The van der Waals surface area contributed by atoms with E-state index in [0.717, 1.165) is 37.0 Å². The molecule has 1 aliphatic rings. The predicted octanol–water partition coefficient (Wildman–Crippen LogP) is 4.46. The average Bonchev–Trinajstić information content (AvgIpc) is 3.01. The molecule has 1 fully saturated rings. The summed E-state index contributed by atoms with van der Waals surface area (Å²) >= 11 is 0. The molecule has 3 rings (SSSR count). The van der Waals surface area contributed by atoms with E-state index in [9.17, 15) is 9.18 Å². The van der Waals surface area contributed by atoms with Gasteiger partial charge in [-0.2, -0.15) is 0 Å². The smallest absolute Gasteiger partial charge is 0.254 e. The molecule has 2 atom stereocenters. The lowest BCUT2D eigenvalue weighted by atomic mass is 10.0. The summed E-state index contributed by atoms with van der Waals surface area (Å²) in [5, 5.41) is 0. The maximum Gasteiger partial charge on any atom is 0.254 e. The molecule has 1 saturated heterocycles. The fraction of sp³-hybridized carbons (Fsp3) is 0.381. The van der Waals surface area contributed by atoms with Gasteiger partial charge in [-0.1, -0.05) is 12.1 Å². The van der Waals surface area contributed by atoms with Crippen molar-refractivity contribution in [1.29, 1.82) is 0 Å². The van der Waals surface area contributed by atoms with Gasteiger partial charge in [0, 0.05) is 17.6 Å². The van der Waals surface area contributed by atoms with Gasteiger partial charge in [0.25, 0.3) is 5.91 Å². The van der Waals surface area contributed by atoms with Gasteiger partial charge >= 0.3 is 0 Å². The van der Waals surface area contributed by atoms with Crippen molar-refractivity contribution >= 4 is 5.91 Å². The molecule has 2 aromatic rings. The molecule has 0 bridgehead atoms. The van der Waals surface area contributed by atoms with Gasteiger partial charge in [0.05, 0.1) is 7.11 Å². The van der Waals surface area contributed by atoms with Crippen LogP contribution < -0.4 is 4.74 Å². The van der Waals surface area contributed by atoms with Crippen molar-refractivity contribution in [3.63, 3.8) is 0 Å². The Labute approximate surface area is 148 Å². The summed E-state index contributed by atoms with van der Waals surface area (Å²) in [5.41, 5.74) is 1.80. The number of likely N-dealkylation sites (tertiary alicyclic amines) is 1. The summed E-state index contributed by atoms with van der Waals surface area (Å²) < 4.78 is 18.2. The molecule has 3 nitrogen and oxygen atoms in total. The first kappa shape index (κ1) is 17.5. The van der Waals surface area contributed by atoms with Crippen LogP contribution in [-0.2, 0) is 6.42 Å². The van der Waals surface area contributed by atoms with Crippen molar-refractivity contribution < 1.29 is 13.9 Å². The summed E-state index contributed by atoms with van der Waals surface area (Å²) in [6.45, 7) is 2.11. The lowest BCUT2D eigenvalue weighted by Crippen LogP contribution is -2.40. The molecule has 4 heteroatoms. The molecule has 0 N–H and O–H groups in total. The van der Waals surface area contributed by atoms with Crippen LogP contribution in [-0.4, -0.2) is 30.0 Å². The van der Waals surface area contributed by atoms with Crippen LogP contribution in [0.15, 0.2) is 48.5 Å². The van der Waals surface area contributed by atoms with Crippen LogP contribution in [0.4, 0.5) is 4.39 Å². The third-order valence-corrected chi connectivity index (χ3v) is 5.04. The molecular formula is C21H24FNO2. The first-order valence-electron chi connectivity index (χ1n) is 8.79. The maximum atomic E-state index is 13.0. The number of ether oxygens (including phenoxy) is 1. The van der Waals surface area contributed by atoms with Crippen molar-refractivity contribution in [2.75, 3.05) is 7.11 Å². The van der Waals surface area contributed by atoms with E-state index in [1.54, 1.807) is 7.11 Å². The van der Waals surface area contributed by atoms with Gasteiger partial charge in [-0.15, -0.1) is 0 Å². The van der Waals surface area contributed by atoms with Crippen LogP contribution in [0.3, 0.4) is 0 Å². The van der Waals surface area contributed by atoms with E-state index in [-0.39, 0.29) is 23.8 Å². The molecule has 1 heterocycles. The lowest BCUT2D eigenvalue weighted by Gasteiger charge is -2.29. The summed E-state index contributed by atoms with van der Waals surface area (Å²) in [5.74, 6) is 0.616. The standard InChI is InChI=1S/C21H24FNO2/c1-15-3-11-19(12-6-16-4-9-18(22)10-5-16)23(15)21(24)17-7-13-20(25-2)14-8-17/h4-5,7-10,13-15,19H,3,6,11-12H2,1-2H3/t15-,19-/m1/s1. The first-order valence-corrected chi connectivity index (χ1v) is 8.79. The minimum atomic E-state index is -0.213. The third-order valence-electron chi connectivity index (χ3n) is 5.04. The number of carbonyl (C=O) groups excluding carboxylic acids is 1. The highest BCUT2D eigenvalue weighted by Gasteiger charge is 2.34. The van der Waals surface area contributed by atoms with Crippen molar-refractivity contribution in [3.8, 4) is 5.75 Å². The molecule has 25 heavy (non-hydrogen) atoms. The van der Waals surface area contributed by atoms with Crippen LogP contribution in [0.25, 0.3) is 0 Å². The number of hydrogen-bond acceptors (Lipinski definition) is 2. The van der Waals surface area contributed by atoms with Crippen LogP contribution in [0.1, 0.15) is 42.1 Å². The number of methoxy groups -OCH3 is 1. The van der Waals surface area contributed by atoms with E-state index in [1.165, 1.54) is 12.1 Å². The molecule has 0 saturated carbocycles. The fourth-order valence-corrected chi connectivity index (χ4v) is 3.59. The van der Waals surface area contributed by atoms with Crippen molar-refractivity contribution in [2.24, 2.45) is 0 Å². The van der Waals surface area contributed by atoms with Gasteiger partial charge in [-0.25, -0.2) is 4.39 Å². The number of amides is 1. The minimum Gasteiger partial charge on any atom is -0.497 e. The quantitative estimate of drug-likeness (QED) is 0.803. The molecule has 1 amide bonds. The Hall–Kier alpha value is -2.36. The minimum absolute atomic E-state index is 0.0803. The van der Waals surface area contributed by atoms with E-state index in [4.69, 9.17) is 4.74 Å². The largest absolute Gasteiger partial charge is 0.497 e. The van der Waals surface area contributed by atoms with Crippen LogP contribution in [0.5, 0.6) is 5.75 Å². The van der Waals surface area contributed by atoms with Crippen molar-refractivity contribution in [1.82, 2.24) is 4.90 Å².